The van der Waals surface area contributed by atoms with Gasteiger partial charge in [-0.2, -0.15) is 0 Å². The number of nitrogens with one attached hydrogen (secondary N) is 1. The maximum Gasteiger partial charge on any atom is 0.164 e. The van der Waals surface area contributed by atoms with E-state index in [-0.39, 0.29) is 0 Å². The van der Waals surface area contributed by atoms with Gasteiger partial charge < -0.3 is 14.2 Å². The molecule has 0 atom stereocenters. The van der Waals surface area contributed by atoms with Gasteiger partial charge in [-0.05, 0) is 71.6 Å². The van der Waals surface area contributed by atoms with Gasteiger partial charge in [-0.15, -0.1) is 0 Å². The summed E-state index contributed by atoms with van der Waals surface area (Å²) in [7, 11) is 0. The molecule has 0 fully saturated rings. The quantitative estimate of drug-likeness (QED) is 0.0972. The van der Waals surface area contributed by atoms with Crippen LogP contribution in [0.4, 0.5) is 5.69 Å². The minimum absolute atomic E-state index is 0.509. The molecule has 0 saturated heterocycles. The van der Waals surface area contributed by atoms with E-state index in [0.717, 1.165) is 112 Å². The molecule has 0 aliphatic rings. The van der Waals surface area contributed by atoms with Crippen LogP contribution in [0.2, 0.25) is 0 Å². The van der Waals surface area contributed by atoms with E-state index in [9.17, 15) is 0 Å². The van der Waals surface area contributed by atoms with Crippen molar-refractivity contribution in [2.45, 2.75) is 13.3 Å². The second-order valence-corrected chi connectivity index (χ2v) is 17.9. The molecule has 11 aromatic rings. The average Bonchev–Trinajstić information content (AvgIpc) is 4.05. The Hall–Kier alpha value is -9.91. The molecule has 8 aromatic carbocycles. The second-order valence-electron chi connectivity index (χ2n) is 17.9. The highest BCUT2D eigenvalue weighted by Crippen LogP contribution is 2.43. The standard InChI is InChI=1S/C69H52N4O2/c1-3-4-5-6-7-8-9-10-11-12-13-14-24-35-55(49-29-18-15-19-30-49)48(2)70-66-60(50-31-20-16-21-32-50)44-54(45-61(66)51-33-22-17-23-34-51)69-72-67(52-40-42-58-56-36-25-27-38-62(56)74-64(58)46-52)71-68(73-69)53-41-43-59-57-37-26-28-39-63(57)75-65(59)47-53/h4-47,70H,2-3H2,1H3/b5-4-,7-6+,9-8+,11-10-,13-12-,24-14-,55-35+. The monoisotopic (exact) mass is 968 g/mol. The molecule has 11 rings (SSSR count). The number of benzene rings is 8. The molecule has 75 heavy (non-hydrogen) atoms. The lowest BCUT2D eigenvalue weighted by Crippen LogP contribution is -2.06. The van der Waals surface area contributed by atoms with Crippen molar-refractivity contribution in [2.75, 3.05) is 5.32 Å². The van der Waals surface area contributed by atoms with Crippen molar-refractivity contribution in [1.29, 1.82) is 0 Å². The zero-order valence-electron chi connectivity index (χ0n) is 41.5. The molecular formula is C69H52N4O2. The van der Waals surface area contributed by atoms with Gasteiger partial charge in [-0.1, -0.05) is 232 Å². The molecule has 3 aromatic heterocycles. The Morgan fingerprint density at radius 2 is 0.827 bits per heavy atom. The molecule has 360 valence electrons. The third-order valence-corrected chi connectivity index (χ3v) is 12.9. The SMILES string of the molecule is C=C(Nc1c(-c2ccccc2)cc(-c2nc(-c3ccc4c(c3)oc3ccccc34)nc(-c3ccc4c(c3)oc3ccccc34)n2)cc1-c1ccccc1)\C(=C/C=C\C=C/C=C\C=C\C=C\C=C/CC)c1ccccc1. The fraction of sp³-hybridized carbons (Fsp3) is 0.0290. The van der Waals surface area contributed by atoms with Gasteiger partial charge in [0.1, 0.15) is 22.3 Å². The van der Waals surface area contributed by atoms with Gasteiger partial charge in [0.05, 0.1) is 5.69 Å². The first-order valence-electron chi connectivity index (χ1n) is 25.2. The molecule has 0 radical (unpaired) electrons. The number of fused-ring (bicyclic) bond motifs is 6. The molecule has 0 bridgehead atoms. The predicted molar refractivity (Wildman–Crippen MR) is 314 cm³/mol. The van der Waals surface area contributed by atoms with Crippen molar-refractivity contribution in [2.24, 2.45) is 0 Å². The first-order chi connectivity index (χ1) is 37.1. The zero-order valence-corrected chi connectivity index (χ0v) is 41.5. The van der Waals surface area contributed by atoms with E-state index in [1.54, 1.807) is 0 Å². The highest BCUT2D eigenvalue weighted by atomic mass is 16.3. The summed E-state index contributed by atoms with van der Waals surface area (Å²) in [6, 6.07) is 64.1. The second kappa shape index (κ2) is 22.2. The van der Waals surface area contributed by atoms with Crippen LogP contribution in [0.25, 0.3) is 106 Å². The largest absolute Gasteiger partial charge is 0.456 e. The summed E-state index contributed by atoms with van der Waals surface area (Å²) in [5.41, 5.74) is 13.1. The Morgan fingerprint density at radius 3 is 1.32 bits per heavy atom. The Kier molecular flexibility index (Phi) is 14.1. The summed E-state index contributed by atoms with van der Waals surface area (Å²) in [5, 5.41) is 8.03. The predicted octanol–water partition coefficient (Wildman–Crippen LogP) is 18.8. The molecule has 0 aliphatic heterocycles. The van der Waals surface area contributed by atoms with Gasteiger partial charge in [0.15, 0.2) is 17.5 Å². The Morgan fingerprint density at radius 1 is 0.413 bits per heavy atom. The van der Waals surface area contributed by atoms with Crippen LogP contribution >= 0.6 is 0 Å². The van der Waals surface area contributed by atoms with Crippen molar-refractivity contribution in [3.05, 3.63) is 285 Å². The van der Waals surface area contributed by atoms with Gasteiger partial charge in [0.2, 0.25) is 0 Å². The molecule has 0 unspecified atom stereocenters. The van der Waals surface area contributed by atoms with E-state index in [1.807, 2.05) is 140 Å². The summed E-state index contributed by atoms with van der Waals surface area (Å²) in [5.74, 6) is 1.53. The maximum atomic E-state index is 6.39. The van der Waals surface area contributed by atoms with Crippen molar-refractivity contribution < 1.29 is 8.83 Å². The Bertz CT molecular complexity index is 3880. The number of hydrogen-bond acceptors (Lipinski definition) is 6. The van der Waals surface area contributed by atoms with Gasteiger partial charge in [0, 0.05) is 60.6 Å². The first-order valence-corrected chi connectivity index (χ1v) is 25.2. The minimum atomic E-state index is 0.509. The number of allylic oxidation sites excluding steroid dienone is 14. The number of anilines is 1. The number of furan rings is 2. The first kappa shape index (κ1) is 47.4. The van der Waals surface area contributed by atoms with Crippen LogP contribution in [0.5, 0.6) is 0 Å². The zero-order chi connectivity index (χ0) is 50.8. The summed E-state index contributed by atoms with van der Waals surface area (Å²) in [6.07, 6.45) is 27.5. The summed E-state index contributed by atoms with van der Waals surface area (Å²) in [6.45, 7) is 6.84. The molecule has 0 saturated carbocycles. The van der Waals surface area contributed by atoms with Crippen LogP contribution in [0, 0.1) is 0 Å². The molecule has 6 nitrogen and oxygen atoms in total. The summed E-state index contributed by atoms with van der Waals surface area (Å²) >= 11 is 0. The third kappa shape index (κ3) is 10.5. The van der Waals surface area contributed by atoms with Crippen LogP contribution in [-0.2, 0) is 0 Å². The highest BCUT2D eigenvalue weighted by Gasteiger charge is 2.21. The van der Waals surface area contributed by atoms with Crippen LogP contribution < -0.4 is 5.32 Å². The molecular weight excluding hydrogens is 917 g/mol. The van der Waals surface area contributed by atoms with E-state index in [4.69, 9.17) is 30.4 Å². The Balaban J connectivity index is 1.03. The summed E-state index contributed by atoms with van der Waals surface area (Å²) in [4.78, 5) is 15.8. The van der Waals surface area contributed by atoms with Gasteiger partial charge in [0.25, 0.3) is 0 Å². The van der Waals surface area contributed by atoms with E-state index < -0.39 is 0 Å². The molecule has 3 heterocycles. The van der Waals surface area contributed by atoms with Crippen LogP contribution in [-0.4, -0.2) is 15.0 Å². The average molecular weight is 969 g/mol. The number of rotatable bonds is 16. The fourth-order valence-corrected chi connectivity index (χ4v) is 9.24. The maximum absolute atomic E-state index is 6.39. The van der Waals surface area contributed by atoms with Crippen molar-refractivity contribution in [1.82, 2.24) is 15.0 Å². The number of nitrogens with zero attached hydrogens (tertiary/aromatic N) is 3. The number of hydrogen-bond donors (Lipinski definition) is 1. The fourth-order valence-electron chi connectivity index (χ4n) is 9.24. The van der Waals surface area contributed by atoms with E-state index in [1.165, 1.54) is 0 Å². The normalized spacial score (nSPS) is 12.5. The van der Waals surface area contributed by atoms with Crippen LogP contribution in [0.15, 0.2) is 288 Å². The van der Waals surface area contributed by atoms with Gasteiger partial charge in [-0.3, -0.25) is 0 Å². The molecule has 6 heteroatoms. The third-order valence-electron chi connectivity index (χ3n) is 12.9. The van der Waals surface area contributed by atoms with Crippen molar-refractivity contribution in [3.63, 3.8) is 0 Å². The minimum Gasteiger partial charge on any atom is -0.456 e. The summed E-state index contributed by atoms with van der Waals surface area (Å²) < 4.78 is 12.8. The van der Waals surface area contributed by atoms with Crippen LogP contribution in [0.1, 0.15) is 18.9 Å². The molecule has 1 N–H and O–H groups in total. The Labute approximate surface area is 436 Å². The lowest BCUT2D eigenvalue weighted by Gasteiger charge is -2.22. The smallest absolute Gasteiger partial charge is 0.164 e. The van der Waals surface area contributed by atoms with Gasteiger partial charge >= 0.3 is 0 Å². The van der Waals surface area contributed by atoms with E-state index >= 15 is 0 Å². The van der Waals surface area contributed by atoms with E-state index in [0.29, 0.717) is 17.5 Å². The molecule has 0 spiro atoms. The van der Waals surface area contributed by atoms with Gasteiger partial charge in [-0.25, -0.2) is 15.0 Å². The lowest BCUT2D eigenvalue weighted by molar-refractivity contribution is 0.668. The van der Waals surface area contributed by atoms with E-state index in [2.05, 4.69) is 140 Å². The van der Waals surface area contributed by atoms with Crippen molar-refractivity contribution >= 4 is 55.1 Å². The number of para-hydroxylation sites is 2. The van der Waals surface area contributed by atoms with Crippen molar-refractivity contribution in [3.8, 4) is 56.4 Å². The topological polar surface area (TPSA) is 77.0 Å². The lowest BCUT2D eigenvalue weighted by atomic mass is 9.92. The van der Waals surface area contributed by atoms with Crippen LogP contribution in [0.3, 0.4) is 0 Å². The highest BCUT2D eigenvalue weighted by molar-refractivity contribution is 6.07. The molecule has 0 aliphatic carbocycles. The molecule has 0 amide bonds. The number of aromatic nitrogens is 3.